The van der Waals surface area contributed by atoms with Gasteiger partial charge in [0.2, 0.25) is 5.75 Å². The van der Waals surface area contributed by atoms with Crippen molar-refractivity contribution in [2.75, 3.05) is 27.9 Å². The SMILES string of the molecule is CCOC(=O)[C@@H](C)Sc1nc2c(OC)c(OC)c(OC)cc2c(=O)n1Cc1ccccc1. The van der Waals surface area contributed by atoms with Crippen molar-refractivity contribution in [3.05, 3.63) is 52.3 Å². The fourth-order valence-electron chi connectivity index (χ4n) is 3.26. The molecule has 1 heterocycles. The van der Waals surface area contributed by atoms with Crippen LogP contribution in [0.1, 0.15) is 19.4 Å². The zero-order valence-corrected chi connectivity index (χ0v) is 19.5. The highest BCUT2D eigenvalue weighted by molar-refractivity contribution is 8.00. The fraction of sp³-hybridized carbons (Fsp3) is 0.348. The van der Waals surface area contributed by atoms with Gasteiger partial charge in [0.1, 0.15) is 10.8 Å². The molecule has 9 heteroatoms. The summed E-state index contributed by atoms with van der Waals surface area (Å²) in [7, 11) is 4.45. The summed E-state index contributed by atoms with van der Waals surface area (Å²) in [5.41, 5.74) is 0.975. The molecule has 0 aliphatic rings. The predicted octanol–water partition coefficient (Wildman–Crippen LogP) is 3.51. The number of fused-ring (bicyclic) bond motifs is 1. The molecule has 32 heavy (non-hydrogen) atoms. The van der Waals surface area contributed by atoms with Gasteiger partial charge in [-0.1, -0.05) is 42.1 Å². The number of esters is 1. The number of thioether (sulfide) groups is 1. The van der Waals surface area contributed by atoms with E-state index in [-0.39, 0.29) is 30.4 Å². The lowest BCUT2D eigenvalue weighted by molar-refractivity contribution is -0.142. The van der Waals surface area contributed by atoms with Crippen LogP contribution in [0.2, 0.25) is 0 Å². The topological polar surface area (TPSA) is 88.9 Å². The summed E-state index contributed by atoms with van der Waals surface area (Å²) in [6.45, 7) is 4.03. The minimum atomic E-state index is -0.563. The smallest absolute Gasteiger partial charge is 0.319 e. The van der Waals surface area contributed by atoms with E-state index in [1.807, 2.05) is 30.3 Å². The Labute approximate surface area is 190 Å². The van der Waals surface area contributed by atoms with Gasteiger partial charge in [0.05, 0.1) is 39.9 Å². The summed E-state index contributed by atoms with van der Waals surface area (Å²) in [5.74, 6) is 0.612. The van der Waals surface area contributed by atoms with E-state index in [2.05, 4.69) is 0 Å². The Morgan fingerprint density at radius 1 is 1.09 bits per heavy atom. The first-order chi connectivity index (χ1) is 15.4. The van der Waals surface area contributed by atoms with Crippen molar-refractivity contribution in [3.63, 3.8) is 0 Å². The van der Waals surface area contributed by atoms with E-state index in [0.717, 1.165) is 17.3 Å². The third-order valence-electron chi connectivity index (χ3n) is 4.80. The average Bonchev–Trinajstić information content (AvgIpc) is 2.81. The molecule has 0 fully saturated rings. The van der Waals surface area contributed by atoms with E-state index in [1.54, 1.807) is 24.5 Å². The molecule has 2 aromatic carbocycles. The van der Waals surface area contributed by atoms with E-state index in [1.165, 1.54) is 21.3 Å². The Hall–Kier alpha value is -3.20. The van der Waals surface area contributed by atoms with Gasteiger partial charge in [0.15, 0.2) is 16.7 Å². The summed E-state index contributed by atoms with van der Waals surface area (Å²) in [6, 6.07) is 11.2. The number of ether oxygens (including phenoxy) is 4. The lowest BCUT2D eigenvalue weighted by Gasteiger charge is -2.18. The number of methoxy groups -OCH3 is 3. The molecule has 0 radical (unpaired) electrons. The molecule has 0 unspecified atom stereocenters. The molecule has 0 saturated heterocycles. The molecule has 170 valence electrons. The normalized spacial score (nSPS) is 11.8. The average molecular weight is 459 g/mol. The first kappa shape index (κ1) is 23.5. The minimum Gasteiger partial charge on any atom is -0.493 e. The van der Waals surface area contributed by atoms with Crippen LogP contribution in [0.15, 0.2) is 46.3 Å². The van der Waals surface area contributed by atoms with Gasteiger partial charge in [-0.3, -0.25) is 14.2 Å². The number of benzene rings is 2. The van der Waals surface area contributed by atoms with Crippen molar-refractivity contribution in [2.45, 2.75) is 30.8 Å². The van der Waals surface area contributed by atoms with Crippen LogP contribution in [-0.4, -0.2) is 48.7 Å². The minimum absolute atomic E-state index is 0.274. The molecule has 0 N–H and O–H groups in total. The molecule has 0 amide bonds. The molecule has 1 atom stereocenters. The number of hydrogen-bond donors (Lipinski definition) is 0. The molecular formula is C23H26N2O6S. The third-order valence-corrected chi connectivity index (χ3v) is 5.87. The second-order valence-corrected chi connectivity index (χ2v) is 8.13. The fourth-order valence-corrected chi connectivity index (χ4v) is 4.16. The van der Waals surface area contributed by atoms with Crippen molar-refractivity contribution < 1.29 is 23.7 Å². The largest absolute Gasteiger partial charge is 0.493 e. The zero-order valence-electron chi connectivity index (χ0n) is 18.7. The standard InChI is InChI=1S/C23H26N2O6S/c1-6-31-22(27)14(2)32-23-24-18-16(12-17(28-3)19(29-4)20(18)30-5)21(26)25(23)13-15-10-8-7-9-11-15/h7-12,14H,6,13H2,1-5H3/t14-/m1/s1. The lowest BCUT2D eigenvalue weighted by atomic mass is 10.2. The zero-order chi connectivity index (χ0) is 23.3. The van der Waals surface area contributed by atoms with Gasteiger partial charge in [0.25, 0.3) is 5.56 Å². The quantitative estimate of drug-likeness (QED) is 0.273. The Morgan fingerprint density at radius 3 is 2.38 bits per heavy atom. The summed E-state index contributed by atoms with van der Waals surface area (Å²) >= 11 is 1.16. The lowest BCUT2D eigenvalue weighted by Crippen LogP contribution is -2.26. The van der Waals surface area contributed by atoms with E-state index in [0.29, 0.717) is 27.6 Å². The Balaban J connectivity index is 2.26. The highest BCUT2D eigenvalue weighted by Crippen LogP contribution is 2.42. The molecule has 0 aliphatic carbocycles. The predicted molar refractivity (Wildman–Crippen MR) is 123 cm³/mol. The van der Waals surface area contributed by atoms with Crippen LogP contribution in [0.4, 0.5) is 0 Å². The van der Waals surface area contributed by atoms with Crippen LogP contribution < -0.4 is 19.8 Å². The van der Waals surface area contributed by atoms with Gasteiger partial charge in [0, 0.05) is 0 Å². The van der Waals surface area contributed by atoms with Crippen molar-refractivity contribution in [1.82, 2.24) is 9.55 Å². The number of nitrogens with zero attached hydrogens (tertiary/aromatic N) is 2. The van der Waals surface area contributed by atoms with Gasteiger partial charge in [-0.05, 0) is 25.5 Å². The van der Waals surface area contributed by atoms with Gasteiger partial charge in [-0.15, -0.1) is 0 Å². The van der Waals surface area contributed by atoms with Crippen molar-refractivity contribution in [3.8, 4) is 17.2 Å². The van der Waals surface area contributed by atoms with Crippen LogP contribution in [0.25, 0.3) is 10.9 Å². The maximum absolute atomic E-state index is 13.6. The van der Waals surface area contributed by atoms with Crippen molar-refractivity contribution in [1.29, 1.82) is 0 Å². The third kappa shape index (κ3) is 4.67. The van der Waals surface area contributed by atoms with E-state index < -0.39 is 5.25 Å². The molecular weight excluding hydrogens is 432 g/mol. The van der Waals surface area contributed by atoms with Crippen LogP contribution in [0, 0.1) is 0 Å². The van der Waals surface area contributed by atoms with Crippen LogP contribution >= 0.6 is 11.8 Å². The van der Waals surface area contributed by atoms with Gasteiger partial charge in [-0.25, -0.2) is 4.98 Å². The number of carbonyl (C=O) groups is 1. The number of hydrogen-bond acceptors (Lipinski definition) is 8. The number of aromatic nitrogens is 2. The van der Waals surface area contributed by atoms with Crippen molar-refractivity contribution >= 4 is 28.6 Å². The summed E-state index contributed by atoms with van der Waals surface area (Å²) in [5, 5.41) is 0.133. The Bertz CT molecular complexity index is 1160. The Kier molecular flexibility index (Phi) is 7.63. The van der Waals surface area contributed by atoms with Crippen LogP contribution in [0.5, 0.6) is 17.2 Å². The summed E-state index contributed by atoms with van der Waals surface area (Å²) < 4.78 is 23.1. The second kappa shape index (κ2) is 10.4. The van der Waals surface area contributed by atoms with E-state index >= 15 is 0 Å². The van der Waals surface area contributed by atoms with Crippen molar-refractivity contribution in [2.24, 2.45) is 0 Å². The maximum Gasteiger partial charge on any atom is 0.319 e. The summed E-state index contributed by atoms with van der Waals surface area (Å²) in [6.07, 6.45) is 0. The van der Waals surface area contributed by atoms with Gasteiger partial charge < -0.3 is 18.9 Å². The molecule has 3 rings (SSSR count). The highest BCUT2D eigenvalue weighted by Gasteiger charge is 2.24. The first-order valence-electron chi connectivity index (χ1n) is 10.1. The van der Waals surface area contributed by atoms with Crippen LogP contribution in [0.3, 0.4) is 0 Å². The van der Waals surface area contributed by atoms with Gasteiger partial charge in [-0.2, -0.15) is 0 Å². The monoisotopic (exact) mass is 458 g/mol. The molecule has 3 aromatic rings. The molecule has 0 saturated carbocycles. The summed E-state index contributed by atoms with van der Waals surface area (Å²) in [4.78, 5) is 30.6. The first-order valence-corrected chi connectivity index (χ1v) is 10.9. The van der Waals surface area contributed by atoms with Crippen LogP contribution in [-0.2, 0) is 16.1 Å². The number of carbonyl (C=O) groups excluding carboxylic acids is 1. The molecule has 0 aliphatic heterocycles. The van der Waals surface area contributed by atoms with Gasteiger partial charge >= 0.3 is 5.97 Å². The molecule has 1 aromatic heterocycles. The number of rotatable bonds is 9. The highest BCUT2D eigenvalue weighted by atomic mass is 32.2. The maximum atomic E-state index is 13.6. The van der Waals surface area contributed by atoms with E-state index in [4.69, 9.17) is 23.9 Å². The Morgan fingerprint density at radius 2 is 1.78 bits per heavy atom. The molecule has 0 bridgehead atoms. The molecule has 8 nitrogen and oxygen atoms in total. The van der Waals surface area contributed by atoms with E-state index in [9.17, 15) is 9.59 Å². The molecule has 0 spiro atoms. The second-order valence-electron chi connectivity index (χ2n) is 6.82.